The number of nitrogens with zero attached hydrogens (tertiary/aromatic N) is 2. The molecule has 3 rings (SSSR count). The van der Waals surface area contributed by atoms with Crippen LogP contribution in [0.5, 0.6) is 5.75 Å². The van der Waals surface area contributed by atoms with E-state index in [1.807, 2.05) is 12.1 Å². The zero-order valence-corrected chi connectivity index (χ0v) is 23.3. The molecule has 196 valence electrons. The van der Waals surface area contributed by atoms with Gasteiger partial charge in [0, 0.05) is 17.1 Å². The monoisotopic (exact) mass is 579 g/mol. The number of hydrogen-bond acceptors (Lipinski definition) is 5. The molecule has 1 saturated carbocycles. The van der Waals surface area contributed by atoms with Gasteiger partial charge in [0.2, 0.25) is 21.8 Å². The SMILES string of the molecule is COc1cccc(CN(C(=O)CN(c2ccc(Br)cc2)S(C)(=O)=O)C(C)C(=O)NC2CCCCC2)c1. The predicted octanol–water partition coefficient (Wildman–Crippen LogP) is 4.09. The highest BCUT2D eigenvalue weighted by Crippen LogP contribution is 2.23. The second-order valence-electron chi connectivity index (χ2n) is 9.14. The van der Waals surface area contributed by atoms with E-state index in [1.54, 1.807) is 50.4 Å². The number of hydrogen-bond donors (Lipinski definition) is 1. The van der Waals surface area contributed by atoms with Gasteiger partial charge in [-0.05, 0) is 61.7 Å². The van der Waals surface area contributed by atoms with Crippen molar-refractivity contribution in [3.8, 4) is 5.75 Å². The summed E-state index contributed by atoms with van der Waals surface area (Å²) in [5.41, 5.74) is 1.14. The summed E-state index contributed by atoms with van der Waals surface area (Å²) >= 11 is 3.35. The van der Waals surface area contributed by atoms with Crippen molar-refractivity contribution in [2.45, 2.75) is 57.7 Å². The van der Waals surface area contributed by atoms with Crippen molar-refractivity contribution >= 4 is 43.5 Å². The van der Waals surface area contributed by atoms with Crippen LogP contribution in [0.1, 0.15) is 44.6 Å². The fraction of sp³-hybridized carbons (Fsp3) is 0.462. The average molecular weight is 581 g/mol. The molecule has 36 heavy (non-hydrogen) atoms. The van der Waals surface area contributed by atoms with Gasteiger partial charge in [0.25, 0.3) is 0 Å². The Morgan fingerprint density at radius 3 is 2.39 bits per heavy atom. The summed E-state index contributed by atoms with van der Waals surface area (Å²) in [4.78, 5) is 28.3. The van der Waals surface area contributed by atoms with Gasteiger partial charge in [-0.15, -0.1) is 0 Å². The molecule has 1 unspecified atom stereocenters. The molecule has 0 bridgehead atoms. The number of benzene rings is 2. The summed E-state index contributed by atoms with van der Waals surface area (Å²) in [5.74, 6) is -0.0861. The van der Waals surface area contributed by atoms with E-state index in [0.29, 0.717) is 11.4 Å². The van der Waals surface area contributed by atoms with Gasteiger partial charge in [0.15, 0.2) is 0 Å². The van der Waals surface area contributed by atoms with Crippen LogP contribution in [-0.2, 0) is 26.2 Å². The minimum atomic E-state index is -3.76. The highest BCUT2D eigenvalue weighted by molar-refractivity contribution is 9.10. The average Bonchev–Trinajstić information content (AvgIpc) is 2.86. The number of sulfonamides is 1. The molecule has 0 aromatic heterocycles. The van der Waals surface area contributed by atoms with E-state index >= 15 is 0 Å². The summed E-state index contributed by atoms with van der Waals surface area (Å²) in [6.07, 6.45) is 6.22. The van der Waals surface area contributed by atoms with Gasteiger partial charge in [0.05, 0.1) is 19.1 Å². The van der Waals surface area contributed by atoms with Crippen LogP contribution in [0.3, 0.4) is 0 Å². The van der Waals surface area contributed by atoms with Crippen LogP contribution in [0.15, 0.2) is 53.0 Å². The van der Waals surface area contributed by atoms with E-state index in [-0.39, 0.29) is 18.5 Å². The summed E-state index contributed by atoms with van der Waals surface area (Å²) in [6.45, 7) is 1.39. The van der Waals surface area contributed by atoms with Crippen molar-refractivity contribution in [3.05, 3.63) is 58.6 Å². The van der Waals surface area contributed by atoms with Gasteiger partial charge < -0.3 is 15.0 Å². The van der Waals surface area contributed by atoms with Gasteiger partial charge in [-0.2, -0.15) is 0 Å². The predicted molar refractivity (Wildman–Crippen MR) is 144 cm³/mol. The maximum absolute atomic E-state index is 13.6. The number of carbonyl (C=O) groups is 2. The Labute approximate surface area is 222 Å². The molecule has 2 aromatic carbocycles. The molecule has 0 saturated heterocycles. The first-order valence-corrected chi connectivity index (χ1v) is 14.7. The van der Waals surface area contributed by atoms with Crippen LogP contribution < -0.4 is 14.4 Å². The number of nitrogens with one attached hydrogen (secondary N) is 1. The molecule has 10 heteroatoms. The molecule has 2 amide bonds. The molecule has 0 heterocycles. The lowest BCUT2D eigenvalue weighted by Crippen LogP contribution is -2.52. The van der Waals surface area contributed by atoms with Crippen molar-refractivity contribution in [1.29, 1.82) is 0 Å². The lowest BCUT2D eigenvalue weighted by molar-refractivity contribution is -0.139. The highest BCUT2D eigenvalue weighted by atomic mass is 79.9. The Morgan fingerprint density at radius 2 is 1.78 bits per heavy atom. The standard InChI is InChI=1S/C26H34BrN3O5S/c1-19(26(32)28-22-9-5-4-6-10-22)29(17-20-8-7-11-24(16-20)35-2)25(31)18-30(36(3,33)34)23-14-12-21(27)13-15-23/h7-8,11-16,19,22H,4-6,9-10,17-18H2,1-3H3,(H,28,32). The molecule has 0 spiro atoms. The molecule has 0 aliphatic heterocycles. The number of anilines is 1. The topological polar surface area (TPSA) is 96.0 Å². The zero-order valence-electron chi connectivity index (χ0n) is 20.9. The Morgan fingerprint density at radius 1 is 1.11 bits per heavy atom. The summed E-state index contributed by atoms with van der Waals surface area (Å²) in [6, 6.07) is 13.2. The van der Waals surface area contributed by atoms with Crippen LogP contribution in [0.4, 0.5) is 5.69 Å². The first-order chi connectivity index (χ1) is 17.1. The van der Waals surface area contributed by atoms with Crippen LogP contribution in [0.25, 0.3) is 0 Å². The maximum Gasteiger partial charge on any atom is 0.244 e. The fourth-order valence-electron chi connectivity index (χ4n) is 4.34. The van der Waals surface area contributed by atoms with Gasteiger partial charge in [-0.3, -0.25) is 13.9 Å². The van der Waals surface area contributed by atoms with E-state index in [2.05, 4.69) is 21.2 Å². The van der Waals surface area contributed by atoms with Crippen LogP contribution in [0.2, 0.25) is 0 Å². The van der Waals surface area contributed by atoms with Crippen molar-refractivity contribution in [2.24, 2.45) is 0 Å². The van der Waals surface area contributed by atoms with E-state index in [9.17, 15) is 18.0 Å². The number of ether oxygens (including phenoxy) is 1. The van der Waals surface area contributed by atoms with Gasteiger partial charge in [0.1, 0.15) is 18.3 Å². The van der Waals surface area contributed by atoms with Crippen LogP contribution >= 0.6 is 15.9 Å². The van der Waals surface area contributed by atoms with Crippen LogP contribution in [-0.4, -0.2) is 57.1 Å². The first-order valence-electron chi connectivity index (χ1n) is 12.0. The molecule has 1 aliphatic carbocycles. The lowest BCUT2D eigenvalue weighted by atomic mass is 9.95. The van der Waals surface area contributed by atoms with E-state index in [1.165, 1.54) is 11.3 Å². The number of methoxy groups -OCH3 is 1. The number of halogens is 1. The minimum absolute atomic E-state index is 0.0951. The molecule has 1 fully saturated rings. The number of carbonyl (C=O) groups excluding carboxylic acids is 2. The van der Waals surface area contributed by atoms with Gasteiger partial charge >= 0.3 is 0 Å². The molecule has 0 radical (unpaired) electrons. The Balaban J connectivity index is 1.87. The zero-order chi connectivity index (χ0) is 26.3. The minimum Gasteiger partial charge on any atom is -0.497 e. The summed E-state index contributed by atoms with van der Waals surface area (Å²) < 4.78 is 32.4. The number of amides is 2. The Hall–Kier alpha value is -2.59. The molecular weight excluding hydrogens is 546 g/mol. The van der Waals surface area contributed by atoms with Crippen LogP contribution in [0, 0.1) is 0 Å². The molecule has 8 nitrogen and oxygen atoms in total. The summed E-state index contributed by atoms with van der Waals surface area (Å²) in [5, 5.41) is 3.09. The normalized spacial score (nSPS) is 15.1. The lowest BCUT2D eigenvalue weighted by Gasteiger charge is -2.33. The Kier molecular flexibility index (Phi) is 9.78. The van der Waals surface area contributed by atoms with Gasteiger partial charge in [-0.25, -0.2) is 8.42 Å². The van der Waals surface area contributed by atoms with Crippen molar-refractivity contribution in [3.63, 3.8) is 0 Å². The third-order valence-corrected chi connectivity index (χ3v) is 8.07. The third-order valence-electron chi connectivity index (χ3n) is 6.40. The van der Waals surface area contributed by atoms with Crippen molar-refractivity contribution < 1.29 is 22.7 Å². The quantitative estimate of drug-likeness (QED) is 0.457. The highest BCUT2D eigenvalue weighted by Gasteiger charge is 2.31. The first kappa shape index (κ1) is 28.0. The second kappa shape index (κ2) is 12.6. The molecule has 1 N–H and O–H groups in total. The summed E-state index contributed by atoms with van der Waals surface area (Å²) in [7, 11) is -2.20. The molecule has 1 atom stereocenters. The maximum atomic E-state index is 13.6. The third kappa shape index (κ3) is 7.70. The second-order valence-corrected chi connectivity index (χ2v) is 12.0. The molecule has 1 aliphatic rings. The Bertz CT molecular complexity index is 1150. The van der Waals surface area contributed by atoms with E-state index in [0.717, 1.165) is 46.3 Å². The van der Waals surface area contributed by atoms with E-state index < -0.39 is 28.5 Å². The van der Waals surface area contributed by atoms with Gasteiger partial charge in [-0.1, -0.05) is 47.3 Å². The largest absolute Gasteiger partial charge is 0.497 e. The fourth-order valence-corrected chi connectivity index (χ4v) is 5.45. The van der Waals surface area contributed by atoms with E-state index in [4.69, 9.17) is 4.74 Å². The molecular formula is C26H34BrN3O5S. The smallest absolute Gasteiger partial charge is 0.244 e. The van der Waals surface area contributed by atoms with Crippen molar-refractivity contribution in [1.82, 2.24) is 10.2 Å². The molecule has 2 aromatic rings. The van der Waals surface area contributed by atoms with Crippen molar-refractivity contribution in [2.75, 3.05) is 24.2 Å². The number of rotatable bonds is 10.